The van der Waals surface area contributed by atoms with Crippen LogP contribution in [-0.4, -0.2) is 0 Å². The summed E-state index contributed by atoms with van der Waals surface area (Å²) in [5, 5.41) is 0. The molecule has 0 spiro atoms. The smallest absolute Gasteiger partial charge is 0.0734 e. The van der Waals surface area contributed by atoms with Gasteiger partial charge < -0.3 is 5.73 Å². The molecule has 0 amide bonds. The number of aryl methyl sites for hydroxylation is 1. The van der Waals surface area contributed by atoms with Crippen molar-refractivity contribution in [1.29, 1.82) is 0 Å². The first-order valence-electron chi connectivity index (χ1n) is 4.39. The van der Waals surface area contributed by atoms with Crippen molar-refractivity contribution in [2.75, 3.05) is 5.73 Å². The van der Waals surface area contributed by atoms with E-state index in [4.69, 9.17) is 5.73 Å². The average Bonchev–Trinajstić information content (AvgIpc) is 2.46. The van der Waals surface area contributed by atoms with Gasteiger partial charge in [0.05, 0.1) is 3.79 Å². The average molecular weight is 347 g/mol. The summed E-state index contributed by atoms with van der Waals surface area (Å²) < 4.78 is 2.18. The summed E-state index contributed by atoms with van der Waals surface area (Å²) in [7, 11) is 0. The molecule has 0 aliphatic rings. The first kappa shape index (κ1) is 11.2. The summed E-state index contributed by atoms with van der Waals surface area (Å²) in [6.07, 6.45) is 0. The van der Waals surface area contributed by atoms with E-state index < -0.39 is 0 Å². The highest BCUT2D eigenvalue weighted by Crippen LogP contribution is 2.37. The lowest BCUT2D eigenvalue weighted by Gasteiger charge is -2.02. The van der Waals surface area contributed by atoms with E-state index in [2.05, 4.69) is 44.8 Å². The third-order valence-corrected chi connectivity index (χ3v) is 4.80. The molecule has 0 aliphatic carbocycles. The zero-order valence-electron chi connectivity index (χ0n) is 8.05. The third-order valence-electron chi connectivity index (χ3n) is 2.14. The number of anilines is 1. The standard InChI is InChI=1S/C11H9Br2NS/c1-6-4-10(15-11(6)13)8-3-2-7(12)5-9(8)14/h2-5H,14H2,1H3. The topological polar surface area (TPSA) is 26.0 Å². The highest BCUT2D eigenvalue weighted by Gasteiger charge is 2.08. The van der Waals surface area contributed by atoms with E-state index in [0.717, 1.165) is 15.7 Å². The molecule has 0 radical (unpaired) electrons. The van der Waals surface area contributed by atoms with Gasteiger partial charge in [0, 0.05) is 20.6 Å². The second kappa shape index (κ2) is 4.28. The molecule has 2 N–H and O–H groups in total. The van der Waals surface area contributed by atoms with Gasteiger partial charge in [-0.05, 0) is 46.6 Å². The van der Waals surface area contributed by atoms with E-state index in [9.17, 15) is 0 Å². The Bertz CT molecular complexity index is 486. The molecule has 0 bridgehead atoms. The molecule has 0 saturated heterocycles. The summed E-state index contributed by atoms with van der Waals surface area (Å²) >= 11 is 8.63. The van der Waals surface area contributed by atoms with Crippen LogP contribution in [0.3, 0.4) is 0 Å². The van der Waals surface area contributed by atoms with Gasteiger partial charge in [-0.15, -0.1) is 11.3 Å². The highest BCUT2D eigenvalue weighted by molar-refractivity contribution is 9.11. The Kier molecular flexibility index (Phi) is 3.19. The fraction of sp³-hybridized carbons (Fsp3) is 0.0909. The van der Waals surface area contributed by atoms with Crippen LogP contribution in [0.25, 0.3) is 10.4 Å². The van der Waals surface area contributed by atoms with Gasteiger partial charge in [-0.3, -0.25) is 0 Å². The molecule has 1 nitrogen and oxygen atoms in total. The minimum atomic E-state index is 0.804. The summed E-state index contributed by atoms with van der Waals surface area (Å²) in [6, 6.07) is 8.12. The van der Waals surface area contributed by atoms with Gasteiger partial charge in [-0.25, -0.2) is 0 Å². The van der Waals surface area contributed by atoms with Gasteiger partial charge in [0.2, 0.25) is 0 Å². The normalized spacial score (nSPS) is 10.6. The number of benzene rings is 1. The van der Waals surface area contributed by atoms with Crippen LogP contribution >= 0.6 is 43.2 Å². The van der Waals surface area contributed by atoms with Crippen molar-refractivity contribution in [1.82, 2.24) is 0 Å². The molecule has 15 heavy (non-hydrogen) atoms. The van der Waals surface area contributed by atoms with Gasteiger partial charge >= 0.3 is 0 Å². The van der Waals surface area contributed by atoms with Crippen LogP contribution < -0.4 is 5.73 Å². The second-order valence-electron chi connectivity index (χ2n) is 3.30. The Labute approximate surface area is 110 Å². The molecule has 0 fully saturated rings. The Morgan fingerprint density at radius 3 is 2.47 bits per heavy atom. The molecule has 0 atom stereocenters. The monoisotopic (exact) mass is 345 g/mol. The van der Waals surface area contributed by atoms with Gasteiger partial charge in [0.15, 0.2) is 0 Å². The number of hydrogen-bond acceptors (Lipinski definition) is 2. The zero-order chi connectivity index (χ0) is 11.0. The van der Waals surface area contributed by atoms with Crippen molar-refractivity contribution in [3.63, 3.8) is 0 Å². The molecule has 0 unspecified atom stereocenters. The van der Waals surface area contributed by atoms with E-state index in [0.29, 0.717) is 0 Å². The zero-order valence-corrected chi connectivity index (χ0v) is 12.0. The fourth-order valence-corrected chi connectivity index (χ4v) is 3.31. The number of nitrogens with two attached hydrogens (primary N) is 1. The molecule has 1 heterocycles. The van der Waals surface area contributed by atoms with Crippen LogP contribution in [0.5, 0.6) is 0 Å². The number of nitrogen functional groups attached to an aromatic ring is 1. The van der Waals surface area contributed by atoms with Gasteiger partial charge in [0.1, 0.15) is 0 Å². The van der Waals surface area contributed by atoms with Crippen molar-refractivity contribution in [2.24, 2.45) is 0 Å². The van der Waals surface area contributed by atoms with Crippen molar-refractivity contribution < 1.29 is 0 Å². The van der Waals surface area contributed by atoms with Gasteiger partial charge in [-0.2, -0.15) is 0 Å². The number of thiophene rings is 1. The van der Waals surface area contributed by atoms with Crippen molar-refractivity contribution in [2.45, 2.75) is 6.92 Å². The second-order valence-corrected chi connectivity index (χ2v) is 6.58. The van der Waals surface area contributed by atoms with Crippen LogP contribution in [-0.2, 0) is 0 Å². The van der Waals surface area contributed by atoms with Crippen LogP contribution in [0.4, 0.5) is 5.69 Å². The van der Waals surface area contributed by atoms with Crippen LogP contribution in [0.2, 0.25) is 0 Å². The van der Waals surface area contributed by atoms with E-state index in [1.807, 2.05) is 18.2 Å². The lowest BCUT2D eigenvalue weighted by atomic mass is 10.1. The Hall–Kier alpha value is -0.320. The van der Waals surface area contributed by atoms with Crippen molar-refractivity contribution in [3.05, 3.63) is 38.1 Å². The van der Waals surface area contributed by atoms with Gasteiger partial charge in [-0.1, -0.05) is 22.0 Å². The fourth-order valence-electron chi connectivity index (χ4n) is 1.35. The number of rotatable bonds is 1. The molecule has 2 rings (SSSR count). The molecule has 4 heteroatoms. The SMILES string of the molecule is Cc1cc(-c2ccc(Br)cc2N)sc1Br. The summed E-state index contributed by atoms with van der Waals surface area (Å²) in [5.41, 5.74) is 9.12. The summed E-state index contributed by atoms with van der Waals surface area (Å²) in [6.45, 7) is 2.08. The minimum Gasteiger partial charge on any atom is -0.398 e. The maximum atomic E-state index is 5.97. The summed E-state index contributed by atoms with van der Waals surface area (Å²) in [5.74, 6) is 0. The molecular formula is C11H9Br2NS. The maximum Gasteiger partial charge on any atom is 0.0734 e. The van der Waals surface area contributed by atoms with Crippen LogP contribution in [0, 0.1) is 6.92 Å². The lowest BCUT2D eigenvalue weighted by Crippen LogP contribution is -1.87. The predicted octanol–water partition coefficient (Wildman–Crippen LogP) is 4.83. The van der Waals surface area contributed by atoms with Crippen molar-refractivity contribution in [3.8, 4) is 10.4 Å². The number of hydrogen-bond donors (Lipinski definition) is 1. The Morgan fingerprint density at radius 2 is 1.93 bits per heavy atom. The first-order valence-corrected chi connectivity index (χ1v) is 6.79. The summed E-state index contributed by atoms with van der Waals surface area (Å²) in [4.78, 5) is 1.20. The predicted molar refractivity (Wildman–Crippen MR) is 74.3 cm³/mol. The van der Waals surface area contributed by atoms with Crippen LogP contribution in [0.1, 0.15) is 5.56 Å². The molecular weight excluding hydrogens is 338 g/mol. The lowest BCUT2D eigenvalue weighted by molar-refractivity contribution is 1.52. The van der Waals surface area contributed by atoms with E-state index in [-0.39, 0.29) is 0 Å². The molecule has 1 aromatic heterocycles. The quantitative estimate of drug-likeness (QED) is 0.735. The van der Waals surface area contributed by atoms with Gasteiger partial charge in [0.25, 0.3) is 0 Å². The minimum absolute atomic E-state index is 0.804. The molecule has 1 aromatic carbocycles. The highest BCUT2D eigenvalue weighted by atomic mass is 79.9. The Balaban J connectivity index is 2.54. The van der Waals surface area contributed by atoms with E-state index in [1.165, 1.54) is 14.2 Å². The molecule has 0 saturated carbocycles. The number of halogens is 2. The largest absolute Gasteiger partial charge is 0.398 e. The first-order chi connectivity index (χ1) is 7.08. The van der Waals surface area contributed by atoms with E-state index >= 15 is 0 Å². The third kappa shape index (κ3) is 2.27. The Morgan fingerprint density at radius 1 is 1.20 bits per heavy atom. The molecule has 2 aromatic rings. The molecule has 78 valence electrons. The van der Waals surface area contributed by atoms with E-state index in [1.54, 1.807) is 11.3 Å². The molecule has 0 aliphatic heterocycles. The van der Waals surface area contributed by atoms with Crippen molar-refractivity contribution >= 4 is 48.9 Å². The maximum absolute atomic E-state index is 5.97. The van der Waals surface area contributed by atoms with Crippen LogP contribution in [0.15, 0.2) is 32.5 Å².